The van der Waals surface area contributed by atoms with Gasteiger partial charge in [-0.2, -0.15) is 0 Å². The van der Waals surface area contributed by atoms with Gasteiger partial charge in [0.1, 0.15) is 11.4 Å². The molecule has 0 aliphatic heterocycles. The highest BCUT2D eigenvalue weighted by atomic mass is 16.6. The van der Waals surface area contributed by atoms with Crippen LogP contribution in [0, 0.1) is 10.1 Å². The Balaban J connectivity index is 1.51. The Labute approximate surface area is 173 Å². The number of amides is 1. The number of phenolic OH excluding ortho intramolecular Hbond substituents is 1. The second-order valence-corrected chi connectivity index (χ2v) is 7.24. The summed E-state index contributed by atoms with van der Waals surface area (Å²) < 4.78 is 0. The minimum absolute atomic E-state index is 0.150. The van der Waals surface area contributed by atoms with Gasteiger partial charge in [-0.25, -0.2) is 0 Å². The number of nitro groups is 1. The molecule has 0 saturated heterocycles. The Bertz CT molecular complexity index is 1100. The number of nitrogens with zero attached hydrogens (tertiary/aromatic N) is 1. The molecule has 3 N–H and O–H groups in total. The standard InChI is InChI=1S/C23H21N3O4/c27-22-8-4-7-17-18(22)10-12-19(17)25-23(28)16-9-11-20(21(13-16)26(29)30)24-14-15-5-2-1-3-6-15/h1-9,11,13,19,24,27H,10,12,14H2,(H,25,28). The molecule has 0 aromatic heterocycles. The van der Waals surface area contributed by atoms with Gasteiger partial charge in [0.15, 0.2) is 0 Å². The molecule has 7 heteroatoms. The molecule has 0 fully saturated rings. The Morgan fingerprint density at radius 2 is 1.90 bits per heavy atom. The van der Waals surface area contributed by atoms with Gasteiger partial charge in [0.05, 0.1) is 11.0 Å². The molecule has 1 aliphatic carbocycles. The van der Waals surface area contributed by atoms with Crippen molar-refractivity contribution in [2.75, 3.05) is 5.32 Å². The lowest BCUT2D eigenvalue weighted by Crippen LogP contribution is -2.27. The number of hydrogen-bond acceptors (Lipinski definition) is 5. The van der Waals surface area contributed by atoms with Crippen molar-refractivity contribution in [2.45, 2.75) is 25.4 Å². The lowest BCUT2D eigenvalue weighted by atomic mass is 10.1. The first-order valence-electron chi connectivity index (χ1n) is 9.71. The number of aromatic hydroxyl groups is 1. The molecule has 3 aromatic rings. The molecular formula is C23H21N3O4. The molecule has 0 radical (unpaired) electrons. The van der Waals surface area contributed by atoms with Crippen LogP contribution in [0.2, 0.25) is 0 Å². The van der Waals surface area contributed by atoms with Gasteiger partial charge in [0, 0.05) is 18.2 Å². The zero-order valence-electron chi connectivity index (χ0n) is 16.2. The number of nitro benzene ring substituents is 1. The fourth-order valence-corrected chi connectivity index (χ4v) is 3.79. The molecule has 7 nitrogen and oxygen atoms in total. The third-order valence-electron chi connectivity index (χ3n) is 5.33. The average Bonchev–Trinajstić information content (AvgIpc) is 3.17. The topological polar surface area (TPSA) is 104 Å². The third kappa shape index (κ3) is 3.96. The van der Waals surface area contributed by atoms with E-state index in [1.54, 1.807) is 24.3 Å². The maximum Gasteiger partial charge on any atom is 0.293 e. The smallest absolute Gasteiger partial charge is 0.293 e. The summed E-state index contributed by atoms with van der Waals surface area (Å²) >= 11 is 0. The van der Waals surface area contributed by atoms with E-state index in [1.807, 2.05) is 36.4 Å². The van der Waals surface area contributed by atoms with Crippen molar-refractivity contribution in [1.82, 2.24) is 5.32 Å². The Morgan fingerprint density at radius 3 is 2.67 bits per heavy atom. The van der Waals surface area contributed by atoms with Crippen LogP contribution in [0.4, 0.5) is 11.4 Å². The van der Waals surface area contributed by atoms with Gasteiger partial charge < -0.3 is 15.7 Å². The van der Waals surface area contributed by atoms with Crippen LogP contribution in [0.3, 0.4) is 0 Å². The molecule has 0 bridgehead atoms. The number of carbonyl (C=O) groups excluding carboxylic acids is 1. The molecule has 0 heterocycles. The summed E-state index contributed by atoms with van der Waals surface area (Å²) in [6.45, 7) is 0.440. The van der Waals surface area contributed by atoms with Gasteiger partial charge in [0.25, 0.3) is 11.6 Å². The summed E-state index contributed by atoms with van der Waals surface area (Å²) in [4.78, 5) is 23.8. The van der Waals surface area contributed by atoms with Crippen molar-refractivity contribution in [3.8, 4) is 5.75 Å². The van der Waals surface area contributed by atoms with Crippen LogP contribution < -0.4 is 10.6 Å². The molecule has 3 aromatic carbocycles. The molecule has 30 heavy (non-hydrogen) atoms. The first-order chi connectivity index (χ1) is 14.5. The Hall–Kier alpha value is -3.87. The summed E-state index contributed by atoms with van der Waals surface area (Å²) in [6, 6.07) is 19.0. The highest BCUT2D eigenvalue weighted by molar-refractivity contribution is 5.96. The first-order valence-corrected chi connectivity index (χ1v) is 9.71. The van der Waals surface area contributed by atoms with E-state index < -0.39 is 4.92 Å². The van der Waals surface area contributed by atoms with E-state index in [-0.39, 0.29) is 28.9 Å². The number of phenols is 1. The number of carbonyl (C=O) groups is 1. The van der Waals surface area contributed by atoms with Crippen molar-refractivity contribution in [2.24, 2.45) is 0 Å². The van der Waals surface area contributed by atoms with Gasteiger partial charge in [-0.3, -0.25) is 14.9 Å². The fourth-order valence-electron chi connectivity index (χ4n) is 3.79. The largest absolute Gasteiger partial charge is 0.508 e. The van der Waals surface area contributed by atoms with Gasteiger partial charge in [-0.1, -0.05) is 42.5 Å². The maximum absolute atomic E-state index is 12.7. The van der Waals surface area contributed by atoms with Gasteiger partial charge in [-0.05, 0) is 47.7 Å². The van der Waals surface area contributed by atoms with E-state index in [0.29, 0.717) is 25.1 Å². The number of anilines is 1. The van der Waals surface area contributed by atoms with Crippen molar-refractivity contribution < 1.29 is 14.8 Å². The molecule has 1 amide bonds. The summed E-state index contributed by atoms with van der Waals surface area (Å²) in [5.74, 6) is -0.150. The van der Waals surface area contributed by atoms with Crippen LogP contribution in [0.15, 0.2) is 66.7 Å². The number of benzene rings is 3. The summed E-state index contributed by atoms with van der Waals surface area (Å²) in [7, 11) is 0. The quantitative estimate of drug-likeness (QED) is 0.420. The molecule has 4 rings (SSSR count). The van der Waals surface area contributed by atoms with Crippen LogP contribution in [-0.4, -0.2) is 15.9 Å². The molecule has 152 valence electrons. The lowest BCUT2D eigenvalue weighted by molar-refractivity contribution is -0.384. The molecular weight excluding hydrogens is 382 g/mol. The normalized spacial score (nSPS) is 14.7. The SMILES string of the molecule is O=C(NC1CCc2c(O)cccc21)c1ccc(NCc2ccccc2)c([N+](=O)[O-])c1. The zero-order valence-corrected chi connectivity index (χ0v) is 16.2. The number of rotatable bonds is 6. The molecule has 0 saturated carbocycles. The van der Waals surface area contributed by atoms with Crippen molar-refractivity contribution >= 4 is 17.3 Å². The average molecular weight is 403 g/mol. The second-order valence-electron chi connectivity index (χ2n) is 7.24. The van der Waals surface area contributed by atoms with E-state index >= 15 is 0 Å². The molecule has 1 unspecified atom stereocenters. The molecule has 0 spiro atoms. The van der Waals surface area contributed by atoms with Crippen LogP contribution in [0.1, 0.15) is 39.5 Å². The van der Waals surface area contributed by atoms with Crippen LogP contribution >= 0.6 is 0 Å². The highest BCUT2D eigenvalue weighted by Crippen LogP contribution is 2.36. The summed E-state index contributed by atoms with van der Waals surface area (Å²) in [5.41, 5.74) is 3.16. The highest BCUT2D eigenvalue weighted by Gasteiger charge is 2.27. The predicted molar refractivity (Wildman–Crippen MR) is 114 cm³/mol. The molecule has 1 atom stereocenters. The predicted octanol–water partition coefficient (Wildman–Crippen LogP) is 4.33. The number of hydrogen-bond donors (Lipinski definition) is 3. The fraction of sp³-hybridized carbons (Fsp3) is 0.174. The Kier molecular flexibility index (Phi) is 5.34. The van der Waals surface area contributed by atoms with Crippen LogP contribution in [-0.2, 0) is 13.0 Å². The molecule has 1 aliphatic rings. The van der Waals surface area contributed by atoms with Gasteiger partial charge in [-0.15, -0.1) is 0 Å². The van der Waals surface area contributed by atoms with E-state index in [4.69, 9.17) is 0 Å². The van der Waals surface area contributed by atoms with Crippen molar-refractivity contribution in [3.05, 3.63) is 99.1 Å². The van der Waals surface area contributed by atoms with E-state index in [9.17, 15) is 20.0 Å². The lowest BCUT2D eigenvalue weighted by Gasteiger charge is -2.15. The van der Waals surface area contributed by atoms with E-state index in [2.05, 4.69) is 10.6 Å². The van der Waals surface area contributed by atoms with Crippen molar-refractivity contribution in [1.29, 1.82) is 0 Å². The first kappa shape index (κ1) is 19.4. The minimum atomic E-state index is -0.493. The summed E-state index contributed by atoms with van der Waals surface area (Å²) in [6.07, 6.45) is 1.35. The minimum Gasteiger partial charge on any atom is -0.508 e. The van der Waals surface area contributed by atoms with Gasteiger partial charge in [0.2, 0.25) is 0 Å². The number of nitrogens with one attached hydrogen (secondary N) is 2. The van der Waals surface area contributed by atoms with E-state index in [1.165, 1.54) is 6.07 Å². The monoisotopic (exact) mass is 403 g/mol. The van der Waals surface area contributed by atoms with Crippen LogP contribution in [0.25, 0.3) is 0 Å². The number of fused-ring (bicyclic) bond motifs is 1. The second kappa shape index (κ2) is 8.24. The maximum atomic E-state index is 12.7. The Morgan fingerprint density at radius 1 is 1.10 bits per heavy atom. The summed E-state index contributed by atoms with van der Waals surface area (Å²) in [5, 5.41) is 27.5. The van der Waals surface area contributed by atoms with E-state index in [0.717, 1.165) is 16.7 Å². The zero-order chi connectivity index (χ0) is 21.1. The van der Waals surface area contributed by atoms with Gasteiger partial charge >= 0.3 is 0 Å². The van der Waals surface area contributed by atoms with Crippen LogP contribution in [0.5, 0.6) is 5.75 Å². The van der Waals surface area contributed by atoms with Crippen molar-refractivity contribution in [3.63, 3.8) is 0 Å². The third-order valence-corrected chi connectivity index (χ3v) is 5.33.